The lowest BCUT2D eigenvalue weighted by atomic mass is 9.89. The van der Waals surface area contributed by atoms with E-state index < -0.39 is 0 Å². The monoisotopic (exact) mass is 223 g/mol. The average Bonchev–Trinajstić information content (AvgIpc) is 2.88. The van der Waals surface area contributed by atoms with Crippen molar-refractivity contribution in [1.82, 2.24) is 5.32 Å². The van der Waals surface area contributed by atoms with E-state index in [4.69, 9.17) is 9.15 Å². The van der Waals surface area contributed by atoms with Crippen LogP contribution in [0.3, 0.4) is 0 Å². The minimum atomic E-state index is 0.371. The molecule has 1 fully saturated rings. The fourth-order valence-electron chi connectivity index (χ4n) is 2.58. The van der Waals surface area contributed by atoms with Crippen molar-refractivity contribution in [3.8, 4) is 0 Å². The summed E-state index contributed by atoms with van der Waals surface area (Å²) >= 11 is 0. The molecule has 3 atom stereocenters. The zero-order valence-electron chi connectivity index (χ0n) is 10.1. The fraction of sp³-hybridized carbons (Fsp3) is 0.692. The first-order chi connectivity index (χ1) is 7.81. The normalized spacial score (nSPS) is 27.1. The van der Waals surface area contributed by atoms with Crippen LogP contribution in [0.25, 0.3) is 0 Å². The number of furan rings is 1. The van der Waals surface area contributed by atoms with Crippen LogP contribution in [0.15, 0.2) is 23.0 Å². The molecule has 1 aliphatic heterocycles. The van der Waals surface area contributed by atoms with Gasteiger partial charge in [-0.05, 0) is 37.9 Å². The summed E-state index contributed by atoms with van der Waals surface area (Å²) < 4.78 is 10.8. The molecule has 3 nitrogen and oxygen atoms in total. The third-order valence-corrected chi connectivity index (χ3v) is 3.45. The maximum atomic E-state index is 5.65. The van der Waals surface area contributed by atoms with Crippen LogP contribution in [0.1, 0.15) is 25.8 Å². The second kappa shape index (κ2) is 5.51. The zero-order valence-corrected chi connectivity index (χ0v) is 10.1. The SMILES string of the molecule is CCNC(Cc1ccoc1)C1CCOC1C. The Hall–Kier alpha value is -0.800. The topological polar surface area (TPSA) is 34.4 Å². The van der Waals surface area contributed by atoms with Crippen molar-refractivity contribution in [3.05, 3.63) is 24.2 Å². The van der Waals surface area contributed by atoms with Gasteiger partial charge >= 0.3 is 0 Å². The summed E-state index contributed by atoms with van der Waals surface area (Å²) in [5, 5.41) is 3.57. The van der Waals surface area contributed by atoms with Crippen LogP contribution in [0.2, 0.25) is 0 Å². The summed E-state index contributed by atoms with van der Waals surface area (Å²) in [4.78, 5) is 0. The molecule has 0 spiro atoms. The van der Waals surface area contributed by atoms with E-state index in [0.717, 1.165) is 26.0 Å². The minimum absolute atomic E-state index is 0.371. The highest BCUT2D eigenvalue weighted by molar-refractivity contribution is 5.08. The molecule has 3 unspecified atom stereocenters. The highest BCUT2D eigenvalue weighted by atomic mass is 16.5. The van der Waals surface area contributed by atoms with Gasteiger partial charge in [-0.1, -0.05) is 6.92 Å². The summed E-state index contributed by atoms with van der Waals surface area (Å²) in [6.07, 6.45) is 6.15. The summed E-state index contributed by atoms with van der Waals surface area (Å²) in [5.74, 6) is 0.620. The van der Waals surface area contributed by atoms with E-state index in [1.807, 2.05) is 12.3 Å². The van der Waals surface area contributed by atoms with Crippen molar-refractivity contribution in [2.45, 2.75) is 38.8 Å². The lowest BCUT2D eigenvalue weighted by Gasteiger charge is -2.26. The number of hydrogen-bond donors (Lipinski definition) is 1. The molecule has 0 amide bonds. The number of hydrogen-bond acceptors (Lipinski definition) is 3. The molecule has 3 heteroatoms. The third kappa shape index (κ3) is 2.66. The highest BCUT2D eigenvalue weighted by Crippen LogP contribution is 2.26. The number of rotatable bonds is 5. The van der Waals surface area contributed by atoms with E-state index in [9.17, 15) is 0 Å². The lowest BCUT2D eigenvalue weighted by molar-refractivity contribution is 0.0955. The number of ether oxygens (including phenoxy) is 1. The Labute approximate surface area is 97.2 Å². The van der Waals surface area contributed by atoms with Crippen LogP contribution in [-0.4, -0.2) is 25.3 Å². The van der Waals surface area contributed by atoms with Crippen LogP contribution in [0, 0.1) is 5.92 Å². The maximum absolute atomic E-state index is 5.65. The number of nitrogens with one attached hydrogen (secondary N) is 1. The minimum Gasteiger partial charge on any atom is -0.472 e. The van der Waals surface area contributed by atoms with E-state index in [1.54, 1.807) is 6.26 Å². The first-order valence-electron chi connectivity index (χ1n) is 6.17. The van der Waals surface area contributed by atoms with Gasteiger partial charge in [-0.15, -0.1) is 0 Å². The van der Waals surface area contributed by atoms with Gasteiger partial charge < -0.3 is 14.5 Å². The van der Waals surface area contributed by atoms with E-state index in [1.165, 1.54) is 5.56 Å². The predicted octanol–water partition coefficient (Wildman–Crippen LogP) is 2.23. The van der Waals surface area contributed by atoms with E-state index in [2.05, 4.69) is 19.2 Å². The molecule has 1 aromatic rings. The Morgan fingerprint density at radius 3 is 3.00 bits per heavy atom. The summed E-state index contributed by atoms with van der Waals surface area (Å²) in [7, 11) is 0. The van der Waals surface area contributed by atoms with Gasteiger partial charge in [0.2, 0.25) is 0 Å². The molecule has 2 heterocycles. The van der Waals surface area contributed by atoms with Crippen molar-refractivity contribution in [2.75, 3.05) is 13.2 Å². The van der Waals surface area contributed by atoms with Gasteiger partial charge in [0.05, 0.1) is 18.6 Å². The molecule has 1 saturated heterocycles. The predicted molar refractivity (Wildman–Crippen MR) is 63.4 cm³/mol. The van der Waals surface area contributed by atoms with Crippen LogP contribution < -0.4 is 5.32 Å². The third-order valence-electron chi connectivity index (χ3n) is 3.45. The zero-order chi connectivity index (χ0) is 11.4. The molecule has 0 bridgehead atoms. The molecular formula is C13H21NO2. The van der Waals surface area contributed by atoms with E-state index >= 15 is 0 Å². The van der Waals surface area contributed by atoms with Crippen LogP contribution in [-0.2, 0) is 11.2 Å². The van der Waals surface area contributed by atoms with Gasteiger partial charge in [-0.2, -0.15) is 0 Å². The smallest absolute Gasteiger partial charge is 0.0935 e. The fourth-order valence-corrected chi connectivity index (χ4v) is 2.58. The van der Waals surface area contributed by atoms with Crippen molar-refractivity contribution in [1.29, 1.82) is 0 Å². The maximum Gasteiger partial charge on any atom is 0.0935 e. The lowest BCUT2D eigenvalue weighted by Crippen LogP contribution is -2.40. The molecule has 2 rings (SSSR count). The van der Waals surface area contributed by atoms with Gasteiger partial charge in [0.1, 0.15) is 0 Å². The molecule has 1 aliphatic rings. The molecule has 0 aliphatic carbocycles. The molecule has 1 aromatic heterocycles. The van der Waals surface area contributed by atoms with Crippen molar-refractivity contribution in [2.24, 2.45) is 5.92 Å². The van der Waals surface area contributed by atoms with Gasteiger partial charge in [0.15, 0.2) is 0 Å². The first-order valence-corrected chi connectivity index (χ1v) is 6.17. The van der Waals surface area contributed by atoms with Gasteiger partial charge in [0.25, 0.3) is 0 Å². The van der Waals surface area contributed by atoms with Crippen LogP contribution in [0.5, 0.6) is 0 Å². The van der Waals surface area contributed by atoms with Gasteiger partial charge in [-0.3, -0.25) is 0 Å². The Kier molecular flexibility index (Phi) is 4.02. The quantitative estimate of drug-likeness (QED) is 0.831. The van der Waals surface area contributed by atoms with Crippen LogP contribution >= 0.6 is 0 Å². The van der Waals surface area contributed by atoms with Crippen molar-refractivity contribution >= 4 is 0 Å². The van der Waals surface area contributed by atoms with Crippen molar-refractivity contribution < 1.29 is 9.15 Å². The number of likely N-dealkylation sites (N-methyl/N-ethyl adjacent to an activating group) is 1. The highest BCUT2D eigenvalue weighted by Gasteiger charge is 2.31. The second-order valence-electron chi connectivity index (χ2n) is 4.53. The standard InChI is InChI=1S/C13H21NO2/c1-3-14-13(8-11-4-6-15-9-11)12-5-7-16-10(12)2/h4,6,9-10,12-14H,3,5,7-8H2,1-2H3. The Balaban J connectivity index is 1.99. The molecule has 16 heavy (non-hydrogen) atoms. The summed E-state index contributed by atoms with van der Waals surface area (Å²) in [6, 6.07) is 2.55. The molecule has 0 radical (unpaired) electrons. The molecule has 0 aromatic carbocycles. The first kappa shape index (κ1) is 11.7. The van der Waals surface area contributed by atoms with Crippen LogP contribution in [0.4, 0.5) is 0 Å². The largest absolute Gasteiger partial charge is 0.472 e. The molecule has 0 saturated carbocycles. The second-order valence-corrected chi connectivity index (χ2v) is 4.53. The molecule has 1 N–H and O–H groups in total. The van der Waals surface area contributed by atoms with Crippen molar-refractivity contribution in [3.63, 3.8) is 0 Å². The Bertz CT molecular complexity index is 297. The van der Waals surface area contributed by atoms with E-state index in [-0.39, 0.29) is 0 Å². The van der Waals surface area contributed by atoms with Gasteiger partial charge in [-0.25, -0.2) is 0 Å². The average molecular weight is 223 g/mol. The molecule has 90 valence electrons. The summed E-state index contributed by atoms with van der Waals surface area (Å²) in [5.41, 5.74) is 1.27. The molecular weight excluding hydrogens is 202 g/mol. The van der Waals surface area contributed by atoms with E-state index in [0.29, 0.717) is 18.1 Å². The summed E-state index contributed by atoms with van der Waals surface area (Å²) in [6.45, 7) is 6.24. The Morgan fingerprint density at radius 1 is 1.56 bits per heavy atom. The Morgan fingerprint density at radius 2 is 2.44 bits per heavy atom. The van der Waals surface area contributed by atoms with Gasteiger partial charge in [0, 0.05) is 18.6 Å².